The molecule has 1 aliphatic rings. The first-order valence-corrected chi connectivity index (χ1v) is 15.5. The summed E-state index contributed by atoms with van der Waals surface area (Å²) in [4.78, 5) is 21.5. The molecule has 40 heavy (non-hydrogen) atoms. The lowest BCUT2D eigenvalue weighted by atomic mass is 9.96. The van der Waals surface area contributed by atoms with Crippen LogP contribution in [0.15, 0.2) is 53.1 Å². The minimum absolute atomic E-state index is 0.181. The number of carbonyl (C=O) groups is 1. The number of hydrogen-bond donors (Lipinski definition) is 1. The van der Waals surface area contributed by atoms with Crippen LogP contribution >= 0.6 is 0 Å². The molecular formula is C29H39N5O5S. The molecule has 11 heteroatoms. The van der Waals surface area contributed by atoms with E-state index in [1.54, 1.807) is 17.0 Å². The number of nitrogens with one attached hydrogen (secondary N) is 1. The Bertz CT molecular complexity index is 1390. The Balaban J connectivity index is 1.35. The van der Waals surface area contributed by atoms with Crippen LogP contribution in [0.3, 0.4) is 0 Å². The van der Waals surface area contributed by atoms with Crippen LogP contribution in [0, 0.1) is 0 Å². The van der Waals surface area contributed by atoms with Gasteiger partial charge in [-0.05, 0) is 75.9 Å². The lowest BCUT2D eigenvalue weighted by Crippen LogP contribution is -2.37. The first kappa shape index (κ1) is 29.4. The molecule has 2 heterocycles. The highest BCUT2D eigenvalue weighted by molar-refractivity contribution is 7.92. The topological polar surface area (TPSA) is 118 Å². The molecule has 0 aliphatic carbocycles. The van der Waals surface area contributed by atoms with E-state index in [4.69, 9.17) is 9.26 Å². The van der Waals surface area contributed by atoms with E-state index in [1.165, 1.54) is 0 Å². The minimum atomic E-state index is -3.31. The zero-order chi connectivity index (χ0) is 28.9. The zero-order valence-electron chi connectivity index (χ0n) is 23.9. The van der Waals surface area contributed by atoms with Crippen LogP contribution in [-0.2, 0) is 21.2 Å². The minimum Gasteiger partial charge on any atom is -0.443 e. The van der Waals surface area contributed by atoms with Gasteiger partial charge in [0.25, 0.3) is 0 Å². The Morgan fingerprint density at radius 2 is 1.85 bits per heavy atom. The highest BCUT2D eigenvalue weighted by Gasteiger charge is 2.27. The summed E-state index contributed by atoms with van der Waals surface area (Å²) in [6, 6.07) is 15.2. The molecule has 1 N–H and O–H groups in total. The van der Waals surface area contributed by atoms with Gasteiger partial charge in [0.15, 0.2) is 5.82 Å². The van der Waals surface area contributed by atoms with Crippen molar-refractivity contribution in [2.45, 2.75) is 64.9 Å². The van der Waals surface area contributed by atoms with Crippen molar-refractivity contribution in [3.05, 3.63) is 65.8 Å². The van der Waals surface area contributed by atoms with Crippen molar-refractivity contribution in [1.29, 1.82) is 0 Å². The molecule has 10 nitrogen and oxygen atoms in total. The maximum Gasteiger partial charge on any atom is 0.414 e. The Hall–Kier alpha value is -3.60. The number of sulfonamides is 1. The summed E-state index contributed by atoms with van der Waals surface area (Å²) in [5.41, 5.74) is 2.82. The molecule has 0 spiro atoms. The maximum absolute atomic E-state index is 12.9. The highest BCUT2D eigenvalue weighted by Crippen LogP contribution is 2.32. The van der Waals surface area contributed by atoms with E-state index in [0.717, 1.165) is 55.5 Å². The normalized spacial score (nSPS) is 14.7. The van der Waals surface area contributed by atoms with Gasteiger partial charge in [0.05, 0.1) is 6.26 Å². The van der Waals surface area contributed by atoms with Crippen molar-refractivity contribution in [2.75, 3.05) is 40.4 Å². The number of ether oxygens (including phenoxy) is 1. The van der Waals surface area contributed by atoms with Crippen LogP contribution in [0.4, 0.5) is 21.9 Å². The van der Waals surface area contributed by atoms with Gasteiger partial charge in [0, 0.05) is 49.0 Å². The summed E-state index contributed by atoms with van der Waals surface area (Å²) in [7, 11) is -3.31. The van der Waals surface area contributed by atoms with Gasteiger partial charge in [-0.3, -0.25) is 9.62 Å². The number of anilines is 3. The van der Waals surface area contributed by atoms with Crippen molar-refractivity contribution in [3.63, 3.8) is 0 Å². The zero-order valence-corrected chi connectivity index (χ0v) is 24.7. The second kappa shape index (κ2) is 12.3. The van der Waals surface area contributed by atoms with Crippen molar-refractivity contribution < 1.29 is 22.5 Å². The highest BCUT2D eigenvalue weighted by atomic mass is 32.2. The fourth-order valence-electron chi connectivity index (χ4n) is 4.70. The Morgan fingerprint density at radius 3 is 2.48 bits per heavy atom. The molecule has 0 bridgehead atoms. The number of piperidine rings is 1. The molecule has 1 saturated heterocycles. The molecule has 0 atom stereocenters. The molecular weight excluding hydrogens is 530 g/mol. The van der Waals surface area contributed by atoms with E-state index in [-0.39, 0.29) is 12.0 Å². The van der Waals surface area contributed by atoms with E-state index in [2.05, 4.69) is 31.9 Å². The number of benzene rings is 2. The van der Waals surface area contributed by atoms with Gasteiger partial charge in [-0.1, -0.05) is 30.3 Å². The number of aromatic nitrogens is 2. The van der Waals surface area contributed by atoms with Gasteiger partial charge < -0.3 is 14.2 Å². The third kappa shape index (κ3) is 8.20. The third-order valence-corrected chi connectivity index (χ3v) is 7.12. The molecule has 2 aromatic carbocycles. The number of hydrogen-bond acceptors (Lipinski definition) is 8. The van der Waals surface area contributed by atoms with E-state index in [9.17, 15) is 13.2 Å². The van der Waals surface area contributed by atoms with Crippen LogP contribution in [0.5, 0.6) is 0 Å². The smallest absolute Gasteiger partial charge is 0.414 e. The van der Waals surface area contributed by atoms with Crippen LogP contribution in [0.1, 0.15) is 70.2 Å². The quantitative estimate of drug-likeness (QED) is 0.356. The predicted octanol–water partition coefficient (Wildman–Crippen LogP) is 5.57. The van der Waals surface area contributed by atoms with Crippen LogP contribution < -0.4 is 14.5 Å². The van der Waals surface area contributed by atoms with Crippen LogP contribution in [0.2, 0.25) is 0 Å². The number of amides is 1. The lowest BCUT2D eigenvalue weighted by molar-refractivity contribution is 0.0580. The molecule has 0 radical (unpaired) electrons. The van der Waals surface area contributed by atoms with Gasteiger partial charge in [-0.2, -0.15) is 4.98 Å². The fraction of sp³-hybridized carbons (Fsp3) is 0.483. The summed E-state index contributed by atoms with van der Waals surface area (Å²) >= 11 is 0. The fourth-order valence-corrected chi connectivity index (χ4v) is 5.27. The summed E-state index contributed by atoms with van der Waals surface area (Å²) in [6.45, 7) is 9.93. The molecule has 216 valence electrons. The molecule has 1 aliphatic heterocycles. The molecule has 0 saturated carbocycles. The van der Waals surface area contributed by atoms with Crippen molar-refractivity contribution >= 4 is 33.2 Å². The monoisotopic (exact) mass is 569 g/mol. The second-order valence-electron chi connectivity index (χ2n) is 11.2. The van der Waals surface area contributed by atoms with Gasteiger partial charge in [0.1, 0.15) is 5.60 Å². The van der Waals surface area contributed by atoms with E-state index in [0.29, 0.717) is 30.4 Å². The molecule has 0 unspecified atom stereocenters. The van der Waals surface area contributed by atoms with Gasteiger partial charge >= 0.3 is 6.09 Å². The SMILES string of the molecule is CCCN(C(=O)OC(C)(C)C)c1cccc(N2CCC(c3nc(Cc4ccc(NS(C)(=O)=O)cc4)no3)CC2)c1. The number of carbonyl (C=O) groups excluding carboxylic acids is 1. The van der Waals surface area contributed by atoms with Crippen molar-refractivity contribution in [2.24, 2.45) is 0 Å². The summed E-state index contributed by atoms with van der Waals surface area (Å²) in [5, 5.41) is 4.18. The van der Waals surface area contributed by atoms with E-state index < -0.39 is 15.6 Å². The molecule has 3 aromatic rings. The largest absolute Gasteiger partial charge is 0.443 e. The van der Waals surface area contributed by atoms with Crippen LogP contribution in [-0.4, -0.2) is 56.1 Å². The van der Waals surface area contributed by atoms with Gasteiger partial charge in [-0.25, -0.2) is 13.2 Å². The lowest BCUT2D eigenvalue weighted by Gasteiger charge is -2.33. The van der Waals surface area contributed by atoms with Crippen LogP contribution in [0.25, 0.3) is 0 Å². The first-order valence-electron chi connectivity index (χ1n) is 13.6. The summed E-state index contributed by atoms with van der Waals surface area (Å²) < 4.78 is 36.5. The van der Waals surface area contributed by atoms with Crippen molar-refractivity contribution in [3.8, 4) is 0 Å². The molecule has 1 aromatic heterocycles. The molecule has 1 amide bonds. The van der Waals surface area contributed by atoms with E-state index in [1.807, 2.05) is 52.0 Å². The molecule has 4 rings (SSSR count). The second-order valence-corrected chi connectivity index (χ2v) is 13.0. The maximum atomic E-state index is 12.9. The van der Waals surface area contributed by atoms with Gasteiger partial charge in [-0.15, -0.1) is 0 Å². The average Bonchev–Trinajstić information content (AvgIpc) is 3.35. The number of nitrogens with zero attached hydrogens (tertiary/aromatic N) is 4. The average molecular weight is 570 g/mol. The third-order valence-electron chi connectivity index (χ3n) is 6.52. The molecule has 1 fully saturated rings. The first-order chi connectivity index (χ1) is 18.9. The number of rotatable bonds is 9. The van der Waals surface area contributed by atoms with Crippen molar-refractivity contribution in [1.82, 2.24) is 10.1 Å². The predicted molar refractivity (Wildman–Crippen MR) is 157 cm³/mol. The summed E-state index contributed by atoms with van der Waals surface area (Å²) in [5.74, 6) is 1.44. The van der Waals surface area contributed by atoms with E-state index >= 15 is 0 Å². The Morgan fingerprint density at radius 1 is 1.15 bits per heavy atom. The standard InChI is InChI=1S/C29H39N5O5S/c1-6-16-34(28(35)38-29(2,3)4)25-9-7-8-24(20-25)33-17-14-22(15-18-33)27-30-26(31-39-27)19-21-10-12-23(13-11-21)32-40(5,36)37/h7-13,20,22,32H,6,14-19H2,1-5H3. The van der Waals surface area contributed by atoms with Gasteiger partial charge in [0.2, 0.25) is 15.9 Å². The summed E-state index contributed by atoms with van der Waals surface area (Å²) in [6.07, 6.45) is 3.87. The Kier molecular flexibility index (Phi) is 9.02. The Labute approximate surface area is 236 Å².